The van der Waals surface area contributed by atoms with Gasteiger partial charge in [0.25, 0.3) is 0 Å². The highest BCUT2D eigenvalue weighted by Gasteiger charge is 2.31. The van der Waals surface area contributed by atoms with E-state index in [-0.39, 0.29) is 18.2 Å². The third-order valence-electron chi connectivity index (χ3n) is 6.78. The second-order valence-electron chi connectivity index (χ2n) is 9.21. The van der Waals surface area contributed by atoms with E-state index in [1.54, 1.807) is 20.2 Å². The van der Waals surface area contributed by atoms with Gasteiger partial charge in [-0.15, -0.1) is 0 Å². The van der Waals surface area contributed by atoms with Crippen LogP contribution in [0.5, 0.6) is 0 Å². The highest BCUT2D eigenvalue weighted by molar-refractivity contribution is 6.10. The van der Waals surface area contributed by atoms with Crippen molar-refractivity contribution in [2.45, 2.75) is 46.0 Å². The molecule has 8 nitrogen and oxygen atoms in total. The Morgan fingerprint density at radius 1 is 1.24 bits per heavy atom. The summed E-state index contributed by atoms with van der Waals surface area (Å²) < 4.78 is 10.7. The lowest BCUT2D eigenvalue weighted by Crippen LogP contribution is -2.37. The summed E-state index contributed by atoms with van der Waals surface area (Å²) >= 11 is 0. The van der Waals surface area contributed by atoms with Gasteiger partial charge in [-0.1, -0.05) is 6.42 Å². The van der Waals surface area contributed by atoms with Gasteiger partial charge in [-0.25, -0.2) is 9.78 Å². The SMILES string of the molecule is CCOC(=O)c1cc(N2CCC(COC)CC2)c(C(=N)C2CCC2)c(Nc2ccnc(C)c2)n1. The van der Waals surface area contributed by atoms with Gasteiger partial charge in [0.1, 0.15) is 5.82 Å². The molecule has 2 aromatic heterocycles. The zero-order valence-corrected chi connectivity index (χ0v) is 20.4. The van der Waals surface area contributed by atoms with Crippen molar-refractivity contribution in [1.82, 2.24) is 9.97 Å². The van der Waals surface area contributed by atoms with Crippen molar-refractivity contribution >= 4 is 28.9 Å². The molecule has 0 amide bonds. The number of methoxy groups -OCH3 is 1. The maximum atomic E-state index is 12.7. The Kier molecular flexibility index (Phi) is 7.77. The molecule has 4 rings (SSSR count). The molecular weight excluding hydrogens is 430 g/mol. The van der Waals surface area contributed by atoms with E-state index in [1.165, 1.54) is 0 Å². The third kappa shape index (κ3) is 5.38. The summed E-state index contributed by atoms with van der Waals surface area (Å²) in [6.07, 6.45) is 6.93. The normalized spacial score (nSPS) is 16.7. The van der Waals surface area contributed by atoms with Crippen LogP contribution in [0.25, 0.3) is 0 Å². The van der Waals surface area contributed by atoms with Crippen LogP contribution < -0.4 is 10.2 Å². The molecule has 2 N–H and O–H groups in total. The summed E-state index contributed by atoms with van der Waals surface area (Å²) in [6.45, 7) is 6.46. The molecule has 0 aromatic carbocycles. The van der Waals surface area contributed by atoms with Gasteiger partial charge >= 0.3 is 5.97 Å². The average Bonchev–Trinajstić information content (AvgIpc) is 2.78. The van der Waals surface area contributed by atoms with Crippen LogP contribution in [0.15, 0.2) is 24.4 Å². The van der Waals surface area contributed by atoms with Crippen LogP contribution in [0, 0.1) is 24.2 Å². The number of carbonyl (C=O) groups excluding carboxylic acids is 1. The van der Waals surface area contributed by atoms with E-state index in [9.17, 15) is 4.79 Å². The van der Waals surface area contributed by atoms with Crippen molar-refractivity contribution in [2.75, 3.05) is 43.6 Å². The van der Waals surface area contributed by atoms with Gasteiger partial charge in [-0.3, -0.25) is 4.98 Å². The fraction of sp³-hybridized carbons (Fsp3) is 0.538. The molecule has 1 saturated carbocycles. The lowest BCUT2D eigenvalue weighted by Gasteiger charge is -2.36. The van der Waals surface area contributed by atoms with Crippen LogP contribution >= 0.6 is 0 Å². The second kappa shape index (κ2) is 11.0. The smallest absolute Gasteiger partial charge is 0.357 e. The number of nitrogens with one attached hydrogen (secondary N) is 2. The van der Waals surface area contributed by atoms with Crippen molar-refractivity contribution in [2.24, 2.45) is 11.8 Å². The van der Waals surface area contributed by atoms with E-state index in [0.29, 0.717) is 17.4 Å². The number of carbonyl (C=O) groups is 1. The average molecular weight is 466 g/mol. The molecule has 2 aliphatic rings. The van der Waals surface area contributed by atoms with Crippen molar-refractivity contribution in [3.63, 3.8) is 0 Å². The zero-order chi connectivity index (χ0) is 24.1. The summed E-state index contributed by atoms with van der Waals surface area (Å²) in [4.78, 5) is 24.0. The Labute approximate surface area is 201 Å². The Hall–Kier alpha value is -3.00. The number of hydrogen-bond donors (Lipinski definition) is 2. The molecule has 1 aliphatic carbocycles. The maximum absolute atomic E-state index is 12.7. The topological polar surface area (TPSA) is 100 Å². The van der Waals surface area contributed by atoms with Crippen LogP contribution in [0.3, 0.4) is 0 Å². The molecule has 1 aliphatic heterocycles. The molecule has 0 bridgehead atoms. The highest BCUT2D eigenvalue weighted by Crippen LogP contribution is 2.38. The first-order valence-electron chi connectivity index (χ1n) is 12.2. The second-order valence-corrected chi connectivity index (χ2v) is 9.21. The molecule has 1 saturated heterocycles. The molecule has 0 unspecified atom stereocenters. The summed E-state index contributed by atoms with van der Waals surface area (Å²) in [5.41, 5.74) is 4.23. The van der Waals surface area contributed by atoms with Crippen LogP contribution in [0.1, 0.15) is 60.8 Å². The number of anilines is 3. The van der Waals surface area contributed by atoms with E-state index in [1.807, 2.05) is 25.1 Å². The number of nitrogens with zero attached hydrogens (tertiary/aromatic N) is 3. The van der Waals surface area contributed by atoms with Crippen molar-refractivity contribution in [1.29, 1.82) is 5.41 Å². The van der Waals surface area contributed by atoms with Gasteiger partial charge in [0.15, 0.2) is 5.69 Å². The molecule has 2 fully saturated rings. The van der Waals surface area contributed by atoms with Crippen LogP contribution in [0.2, 0.25) is 0 Å². The minimum atomic E-state index is -0.450. The molecular formula is C26H35N5O3. The monoisotopic (exact) mass is 465 g/mol. The van der Waals surface area contributed by atoms with E-state index < -0.39 is 5.97 Å². The van der Waals surface area contributed by atoms with Gasteiger partial charge < -0.3 is 25.1 Å². The number of ether oxygens (including phenoxy) is 2. The molecule has 34 heavy (non-hydrogen) atoms. The Morgan fingerprint density at radius 3 is 2.62 bits per heavy atom. The number of aromatic nitrogens is 2. The van der Waals surface area contributed by atoms with Crippen LogP contribution in [-0.2, 0) is 9.47 Å². The molecule has 0 spiro atoms. The number of piperidine rings is 1. The van der Waals surface area contributed by atoms with Gasteiger partial charge in [0, 0.05) is 56.0 Å². The number of esters is 1. The van der Waals surface area contributed by atoms with Crippen molar-refractivity contribution in [3.8, 4) is 0 Å². The Balaban J connectivity index is 1.78. The Bertz CT molecular complexity index is 1030. The fourth-order valence-corrected chi connectivity index (χ4v) is 4.68. The van der Waals surface area contributed by atoms with Gasteiger partial charge in [-0.05, 0) is 63.6 Å². The molecule has 0 atom stereocenters. The van der Waals surface area contributed by atoms with Gasteiger partial charge in [0.2, 0.25) is 0 Å². The summed E-state index contributed by atoms with van der Waals surface area (Å²) in [5, 5.41) is 12.5. The molecule has 0 radical (unpaired) electrons. The highest BCUT2D eigenvalue weighted by atomic mass is 16.5. The predicted octanol–water partition coefficient (Wildman–Crippen LogP) is 4.74. The zero-order valence-electron chi connectivity index (χ0n) is 20.4. The van der Waals surface area contributed by atoms with E-state index in [2.05, 4.69) is 20.2 Å². The first-order valence-corrected chi connectivity index (χ1v) is 12.2. The maximum Gasteiger partial charge on any atom is 0.357 e. The number of pyridine rings is 2. The molecule has 3 heterocycles. The summed E-state index contributed by atoms with van der Waals surface area (Å²) in [7, 11) is 1.75. The molecule has 8 heteroatoms. The van der Waals surface area contributed by atoms with Gasteiger partial charge in [-0.2, -0.15) is 0 Å². The van der Waals surface area contributed by atoms with Crippen molar-refractivity contribution in [3.05, 3.63) is 41.3 Å². The lowest BCUT2D eigenvalue weighted by molar-refractivity contribution is 0.0519. The fourth-order valence-electron chi connectivity index (χ4n) is 4.68. The Morgan fingerprint density at radius 2 is 2.00 bits per heavy atom. The minimum Gasteiger partial charge on any atom is -0.461 e. The third-order valence-corrected chi connectivity index (χ3v) is 6.78. The standard InChI is InChI=1S/C26H35N5O3/c1-4-34-26(32)21-15-22(31-12-9-18(10-13-31)16-33-3)23(24(27)19-6-5-7-19)25(30-21)29-20-8-11-28-17(2)14-20/h8,11,14-15,18-19,27H,4-7,9-10,12-13,16H2,1-3H3,(H,28,29,30). The van der Waals surface area contributed by atoms with E-state index in [0.717, 1.165) is 74.4 Å². The first kappa shape index (κ1) is 24.1. The van der Waals surface area contributed by atoms with Gasteiger partial charge in [0.05, 0.1) is 17.9 Å². The first-order chi connectivity index (χ1) is 16.5. The van der Waals surface area contributed by atoms with Crippen LogP contribution in [0.4, 0.5) is 17.2 Å². The quantitative estimate of drug-likeness (QED) is 0.408. The van der Waals surface area contributed by atoms with E-state index in [4.69, 9.17) is 14.9 Å². The number of aryl methyl sites for hydroxylation is 1. The molecule has 182 valence electrons. The molecule has 2 aromatic rings. The van der Waals surface area contributed by atoms with Crippen molar-refractivity contribution < 1.29 is 14.3 Å². The number of rotatable bonds is 9. The summed E-state index contributed by atoms with van der Waals surface area (Å²) in [5.74, 6) is 0.829. The number of hydrogen-bond acceptors (Lipinski definition) is 8. The predicted molar refractivity (Wildman–Crippen MR) is 133 cm³/mol. The van der Waals surface area contributed by atoms with E-state index >= 15 is 0 Å². The minimum absolute atomic E-state index is 0.222. The van der Waals surface area contributed by atoms with Crippen LogP contribution in [-0.4, -0.2) is 55.1 Å². The summed E-state index contributed by atoms with van der Waals surface area (Å²) in [6, 6.07) is 5.63. The lowest BCUT2D eigenvalue weighted by atomic mass is 9.79. The largest absolute Gasteiger partial charge is 0.461 e.